The van der Waals surface area contributed by atoms with E-state index in [9.17, 15) is 4.79 Å². The molecule has 1 aliphatic rings. The van der Waals surface area contributed by atoms with Crippen LogP contribution < -0.4 is 0 Å². The summed E-state index contributed by atoms with van der Waals surface area (Å²) in [7, 11) is 0. The number of carbonyl (C=O) groups excluding carboxylic acids is 1. The Bertz CT molecular complexity index is 1240. The largest absolute Gasteiger partial charge is 0.460 e. The van der Waals surface area contributed by atoms with Crippen molar-refractivity contribution in [2.24, 2.45) is 10.9 Å². The van der Waals surface area contributed by atoms with Gasteiger partial charge < -0.3 is 9.30 Å². The molecule has 0 spiro atoms. The topological polar surface area (TPSA) is 56.5 Å². The van der Waals surface area contributed by atoms with Gasteiger partial charge in [-0.1, -0.05) is 72.8 Å². The second-order valence-corrected chi connectivity index (χ2v) is 7.47. The minimum atomic E-state index is -0.527. The van der Waals surface area contributed by atoms with Gasteiger partial charge in [-0.3, -0.25) is 4.79 Å². The van der Waals surface area contributed by atoms with E-state index in [0.29, 0.717) is 11.7 Å². The molecule has 1 aliphatic heterocycles. The van der Waals surface area contributed by atoms with Crippen LogP contribution in [-0.4, -0.2) is 21.2 Å². The lowest BCUT2D eigenvalue weighted by Gasteiger charge is -2.31. The third kappa shape index (κ3) is 3.18. The first-order valence-electron chi connectivity index (χ1n) is 9.98. The number of hydrogen-bond acceptors (Lipinski definition) is 4. The molecule has 0 bridgehead atoms. The van der Waals surface area contributed by atoms with Crippen molar-refractivity contribution < 1.29 is 9.53 Å². The molecule has 0 amide bonds. The Balaban J connectivity index is 1.57. The van der Waals surface area contributed by atoms with Crippen LogP contribution in [0, 0.1) is 5.92 Å². The summed E-state index contributed by atoms with van der Waals surface area (Å²) in [4.78, 5) is 22.3. The van der Waals surface area contributed by atoms with Gasteiger partial charge in [0.2, 0.25) is 5.95 Å². The number of esters is 1. The monoisotopic (exact) mass is 395 g/mol. The lowest BCUT2D eigenvalue weighted by Crippen LogP contribution is -2.36. The summed E-state index contributed by atoms with van der Waals surface area (Å²) in [5.74, 6) is -0.198. The quantitative estimate of drug-likeness (QED) is 0.452. The molecular weight excluding hydrogens is 374 g/mol. The van der Waals surface area contributed by atoms with Gasteiger partial charge in [0.25, 0.3) is 0 Å². The first-order valence-corrected chi connectivity index (χ1v) is 9.98. The second kappa shape index (κ2) is 7.59. The van der Waals surface area contributed by atoms with Crippen molar-refractivity contribution in [3.8, 4) is 0 Å². The fourth-order valence-corrected chi connectivity index (χ4v) is 4.18. The molecule has 2 unspecified atom stereocenters. The zero-order chi connectivity index (χ0) is 20.5. The summed E-state index contributed by atoms with van der Waals surface area (Å²) >= 11 is 0. The smallest absolute Gasteiger partial charge is 0.317 e. The molecule has 0 radical (unpaired) electrons. The molecule has 3 aromatic carbocycles. The summed E-state index contributed by atoms with van der Waals surface area (Å²) in [5, 5.41) is 2.24. The van der Waals surface area contributed by atoms with Crippen LogP contribution in [0.1, 0.15) is 24.1 Å². The highest BCUT2D eigenvalue weighted by molar-refractivity contribution is 6.04. The van der Waals surface area contributed by atoms with E-state index < -0.39 is 5.92 Å². The van der Waals surface area contributed by atoms with Gasteiger partial charge in [0, 0.05) is 18.1 Å². The van der Waals surface area contributed by atoms with Gasteiger partial charge in [-0.05, 0) is 28.8 Å². The third-order valence-electron chi connectivity index (χ3n) is 5.61. The number of aliphatic imine (C=N–C) groups is 1. The molecule has 0 saturated carbocycles. The minimum absolute atomic E-state index is 0.239. The summed E-state index contributed by atoms with van der Waals surface area (Å²) < 4.78 is 7.72. The molecule has 1 aromatic heterocycles. The standard InChI is InChI=1S/C25H21N3O2/c1-17-22(24(29)30-16-18-8-3-2-4-9-18)23(28-15-14-26-25(28)27-17)21-13-7-11-19-10-5-6-12-20(19)21/h2-15,22-23H,16H2,1H3. The van der Waals surface area contributed by atoms with E-state index in [1.165, 1.54) is 0 Å². The number of fused-ring (bicyclic) bond motifs is 2. The Morgan fingerprint density at radius 1 is 1.00 bits per heavy atom. The molecule has 148 valence electrons. The zero-order valence-electron chi connectivity index (χ0n) is 16.6. The van der Waals surface area contributed by atoms with E-state index in [4.69, 9.17) is 4.74 Å². The number of rotatable bonds is 4. The van der Waals surface area contributed by atoms with Crippen molar-refractivity contribution in [3.63, 3.8) is 0 Å². The lowest BCUT2D eigenvalue weighted by molar-refractivity contribution is -0.148. The van der Waals surface area contributed by atoms with E-state index in [2.05, 4.69) is 34.2 Å². The Morgan fingerprint density at radius 2 is 1.77 bits per heavy atom. The molecule has 0 fully saturated rings. The molecule has 0 saturated heterocycles. The fourth-order valence-electron chi connectivity index (χ4n) is 4.18. The summed E-state index contributed by atoms with van der Waals surface area (Å²) in [6, 6.07) is 23.9. The minimum Gasteiger partial charge on any atom is -0.460 e. The second-order valence-electron chi connectivity index (χ2n) is 7.47. The van der Waals surface area contributed by atoms with Gasteiger partial charge in [0.1, 0.15) is 12.5 Å². The highest BCUT2D eigenvalue weighted by Gasteiger charge is 2.39. The van der Waals surface area contributed by atoms with E-state index in [1.807, 2.05) is 66.2 Å². The van der Waals surface area contributed by atoms with Crippen molar-refractivity contribution in [1.29, 1.82) is 0 Å². The van der Waals surface area contributed by atoms with Crippen molar-refractivity contribution in [2.45, 2.75) is 19.6 Å². The lowest BCUT2D eigenvalue weighted by atomic mass is 9.85. The first kappa shape index (κ1) is 18.3. The Labute approximate surface area is 174 Å². The average molecular weight is 395 g/mol. The summed E-state index contributed by atoms with van der Waals surface area (Å²) in [5.41, 5.74) is 2.73. The fraction of sp³-hybridized carbons (Fsp3) is 0.160. The SMILES string of the molecule is CC1=Nc2nccn2C(c2cccc3ccccc23)C1C(=O)OCc1ccccc1. The summed E-state index contributed by atoms with van der Waals surface area (Å²) in [6.45, 7) is 2.12. The number of imidazole rings is 1. The van der Waals surface area contributed by atoms with E-state index in [1.54, 1.807) is 6.20 Å². The highest BCUT2D eigenvalue weighted by atomic mass is 16.5. The van der Waals surface area contributed by atoms with Gasteiger partial charge in [-0.2, -0.15) is 0 Å². The van der Waals surface area contributed by atoms with E-state index in [-0.39, 0.29) is 18.6 Å². The van der Waals surface area contributed by atoms with Crippen LogP contribution in [0.4, 0.5) is 5.95 Å². The number of benzene rings is 3. The average Bonchev–Trinajstić information content (AvgIpc) is 3.25. The molecule has 2 heterocycles. The number of aromatic nitrogens is 2. The van der Waals surface area contributed by atoms with E-state index in [0.717, 1.165) is 21.9 Å². The number of carbonyl (C=O) groups is 1. The van der Waals surface area contributed by atoms with Crippen LogP contribution in [0.25, 0.3) is 10.8 Å². The molecule has 4 aromatic rings. The molecule has 2 atom stereocenters. The maximum atomic E-state index is 13.3. The molecule has 30 heavy (non-hydrogen) atoms. The van der Waals surface area contributed by atoms with Gasteiger partial charge in [-0.25, -0.2) is 9.98 Å². The number of nitrogens with zero attached hydrogens (tertiary/aromatic N) is 3. The van der Waals surface area contributed by atoms with Crippen molar-refractivity contribution >= 4 is 28.4 Å². The van der Waals surface area contributed by atoms with E-state index >= 15 is 0 Å². The van der Waals surface area contributed by atoms with Crippen LogP contribution in [0.2, 0.25) is 0 Å². The molecule has 0 N–H and O–H groups in total. The number of hydrogen-bond donors (Lipinski definition) is 0. The zero-order valence-corrected chi connectivity index (χ0v) is 16.6. The predicted octanol–water partition coefficient (Wildman–Crippen LogP) is 5.09. The van der Waals surface area contributed by atoms with Gasteiger partial charge in [0.15, 0.2) is 0 Å². The van der Waals surface area contributed by atoms with Crippen LogP contribution in [-0.2, 0) is 16.1 Å². The molecule has 0 aliphatic carbocycles. The Kier molecular flexibility index (Phi) is 4.64. The van der Waals surface area contributed by atoms with Crippen molar-refractivity contribution in [2.75, 3.05) is 0 Å². The third-order valence-corrected chi connectivity index (χ3v) is 5.61. The maximum Gasteiger partial charge on any atom is 0.317 e. The van der Waals surface area contributed by atoms with Crippen molar-refractivity contribution in [1.82, 2.24) is 9.55 Å². The van der Waals surface area contributed by atoms with Crippen LogP contribution in [0.3, 0.4) is 0 Å². The van der Waals surface area contributed by atoms with Crippen LogP contribution in [0.5, 0.6) is 0 Å². The summed E-state index contributed by atoms with van der Waals surface area (Å²) in [6.07, 6.45) is 3.61. The molecular formula is C25H21N3O2. The van der Waals surface area contributed by atoms with Crippen molar-refractivity contribution in [3.05, 3.63) is 96.3 Å². The highest BCUT2D eigenvalue weighted by Crippen LogP contribution is 2.39. The predicted molar refractivity (Wildman–Crippen MR) is 117 cm³/mol. The first-order chi connectivity index (χ1) is 14.7. The molecule has 5 heteroatoms. The molecule has 5 rings (SSSR count). The van der Waals surface area contributed by atoms with Gasteiger partial charge in [0.05, 0.1) is 6.04 Å². The normalized spacial score (nSPS) is 18.0. The maximum absolute atomic E-state index is 13.3. The number of ether oxygens (including phenoxy) is 1. The molecule has 5 nitrogen and oxygen atoms in total. The van der Waals surface area contributed by atoms with Gasteiger partial charge in [-0.15, -0.1) is 0 Å². The van der Waals surface area contributed by atoms with Crippen LogP contribution >= 0.6 is 0 Å². The van der Waals surface area contributed by atoms with Crippen LogP contribution in [0.15, 0.2) is 90.2 Å². The van der Waals surface area contributed by atoms with Gasteiger partial charge >= 0.3 is 5.97 Å². The Hall–Kier alpha value is -3.73. The Morgan fingerprint density at radius 3 is 2.63 bits per heavy atom.